The van der Waals surface area contributed by atoms with Crippen molar-refractivity contribution >= 4 is 0 Å². The van der Waals surface area contributed by atoms with Crippen molar-refractivity contribution in [2.45, 2.75) is 19.8 Å². The van der Waals surface area contributed by atoms with E-state index in [2.05, 4.69) is 12.2 Å². The van der Waals surface area contributed by atoms with E-state index in [0.29, 0.717) is 30.9 Å². The van der Waals surface area contributed by atoms with E-state index < -0.39 is 0 Å². The van der Waals surface area contributed by atoms with Gasteiger partial charge in [-0.3, -0.25) is 0 Å². The minimum Gasteiger partial charge on any atom is -0.497 e. The summed E-state index contributed by atoms with van der Waals surface area (Å²) >= 11 is 0. The maximum Gasteiger partial charge on any atom is 0.130 e. The van der Waals surface area contributed by atoms with Crippen molar-refractivity contribution in [3.63, 3.8) is 0 Å². The van der Waals surface area contributed by atoms with Crippen molar-refractivity contribution in [1.29, 1.82) is 0 Å². The van der Waals surface area contributed by atoms with Crippen LogP contribution in [0, 0.1) is 5.82 Å². The van der Waals surface area contributed by atoms with Gasteiger partial charge >= 0.3 is 0 Å². The standard InChI is InChI=1S/C14H22FNO2/c1-3-7-16-8-10-18-9-6-12-4-5-13(17-2)11-14(12)15/h4-5,11,16H,3,6-10H2,1-2H3. The summed E-state index contributed by atoms with van der Waals surface area (Å²) in [6.45, 7) is 5.19. The molecule has 0 spiro atoms. The summed E-state index contributed by atoms with van der Waals surface area (Å²) in [5.74, 6) is 0.308. The fraction of sp³-hybridized carbons (Fsp3) is 0.571. The molecule has 1 N–H and O–H groups in total. The van der Waals surface area contributed by atoms with Gasteiger partial charge in [0.25, 0.3) is 0 Å². The predicted octanol–water partition coefficient (Wildman–Crippen LogP) is 2.39. The molecule has 0 radical (unpaired) electrons. The van der Waals surface area contributed by atoms with Gasteiger partial charge in [-0.25, -0.2) is 4.39 Å². The van der Waals surface area contributed by atoms with Crippen molar-refractivity contribution in [2.75, 3.05) is 33.4 Å². The van der Waals surface area contributed by atoms with E-state index in [1.54, 1.807) is 12.1 Å². The molecule has 1 aromatic rings. The number of benzene rings is 1. The highest BCUT2D eigenvalue weighted by Crippen LogP contribution is 2.16. The van der Waals surface area contributed by atoms with Gasteiger partial charge in [0.2, 0.25) is 0 Å². The number of hydrogen-bond donors (Lipinski definition) is 1. The fourth-order valence-electron chi connectivity index (χ4n) is 1.59. The summed E-state index contributed by atoms with van der Waals surface area (Å²) in [5.41, 5.74) is 0.664. The summed E-state index contributed by atoms with van der Waals surface area (Å²) in [5, 5.41) is 3.24. The lowest BCUT2D eigenvalue weighted by molar-refractivity contribution is 0.138. The zero-order valence-electron chi connectivity index (χ0n) is 11.2. The molecule has 0 aliphatic rings. The molecule has 3 nitrogen and oxygen atoms in total. The highest BCUT2D eigenvalue weighted by atomic mass is 19.1. The first-order valence-electron chi connectivity index (χ1n) is 6.38. The molecule has 0 aliphatic heterocycles. The summed E-state index contributed by atoms with van der Waals surface area (Å²) in [7, 11) is 1.53. The number of halogens is 1. The van der Waals surface area contributed by atoms with Crippen LogP contribution in [0.2, 0.25) is 0 Å². The lowest BCUT2D eigenvalue weighted by atomic mass is 10.1. The Morgan fingerprint density at radius 3 is 2.72 bits per heavy atom. The molecule has 1 aromatic carbocycles. The Hall–Kier alpha value is -1.13. The molecule has 0 amide bonds. The van der Waals surface area contributed by atoms with E-state index in [9.17, 15) is 4.39 Å². The van der Waals surface area contributed by atoms with Crippen LogP contribution in [0.3, 0.4) is 0 Å². The normalized spacial score (nSPS) is 10.6. The second-order valence-corrected chi connectivity index (χ2v) is 4.07. The van der Waals surface area contributed by atoms with E-state index in [4.69, 9.17) is 9.47 Å². The Balaban J connectivity index is 2.19. The fourth-order valence-corrected chi connectivity index (χ4v) is 1.59. The molecule has 0 heterocycles. The molecular formula is C14H22FNO2. The van der Waals surface area contributed by atoms with Gasteiger partial charge in [0, 0.05) is 12.6 Å². The smallest absolute Gasteiger partial charge is 0.130 e. The van der Waals surface area contributed by atoms with Crippen LogP contribution in [0.1, 0.15) is 18.9 Å². The van der Waals surface area contributed by atoms with Crippen LogP contribution in [-0.4, -0.2) is 33.4 Å². The highest BCUT2D eigenvalue weighted by molar-refractivity contribution is 5.28. The largest absolute Gasteiger partial charge is 0.497 e. The molecule has 0 aliphatic carbocycles. The molecule has 1 rings (SSSR count). The number of methoxy groups -OCH3 is 1. The molecule has 4 heteroatoms. The van der Waals surface area contributed by atoms with Gasteiger partial charge in [-0.2, -0.15) is 0 Å². The first kappa shape index (κ1) is 14.9. The summed E-state index contributed by atoms with van der Waals surface area (Å²) < 4.78 is 24.0. The summed E-state index contributed by atoms with van der Waals surface area (Å²) in [6, 6.07) is 4.91. The molecule has 0 saturated carbocycles. The lowest BCUT2D eigenvalue weighted by Gasteiger charge is -2.07. The van der Waals surface area contributed by atoms with Gasteiger partial charge in [0.1, 0.15) is 11.6 Å². The zero-order chi connectivity index (χ0) is 13.2. The van der Waals surface area contributed by atoms with Crippen molar-refractivity contribution in [3.8, 4) is 5.75 Å². The monoisotopic (exact) mass is 255 g/mol. The second kappa shape index (κ2) is 8.89. The first-order valence-corrected chi connectivity index (χ1v) is 6.38. The Kier molecular flexibility index (Phi) is 7.37. The third-order valence-corrected chi connectivity index (χ3v) is 2.63. The van der Waals surface area contributed by atoms with Crippen molar-refractivity contribution in [2.24, 2.45) is 0 Å². The summed E-state index contributed by atoms with van der Waals surface area (Å²) in [4.78, 5) is 0. The van der Waals surface area contributed by atoms with Gasteiger partial charge < -0.3 is 14.8 Å². The number of ether oxygens (including phenoxy) is 2. The van der Waals surface area contributed by atoms with Crippen LogP contribution >= 0.6 is 0 Å². The van der Waals surface area contributed by atoms with Crippen LogP contribution in [-0.2, 0) is 11.2 Å². The number of hydrogen-bond acceptors (Lipinski definition) is 3. The SMILES string of the molecule is CCCNCCOCCc1ccc(OC)cc1F. The van der Waals surface area contributed by atoms with Gasteiger partial charge in [0.15, 0.2) is 0 Å². The van der Waals surface area contributed by atoms with Gasteiger partial charge in [-0.1, -0.05) is 13.0 Å². The Morgan fingerprint density at radius 1 is 1.22 bits per heavy atom. The Bertz CT molecular complexity index is 345. The molecule has 0 atom stereocenters. The van der Waals surface area contributed by atoms with E-state index in [-0.39, 0.29) is 5.82 Å². The molecule has 18 heavy (non-hydrogen) atoms. The van der Waals surface area contributed by atoms with Gasteiger partial charge in [0.05, 0.1) is 20.3 Å². The van der Waals surface area contributed by atoms with Crippen molar-refractivity contribution in [1.82, 2.24) is 5.32 Å². The van der Waals surface area contributed by atoms with Gasteiger partial charge in [-0.15, -0.1) is 0 Å². The van der Waals surface area contributed by atoms with Crippen LogP contribution in [0.5, 0.6) is 5.75 Å². The third-order valence-electron chi connectivity index (χ3n) is 2.63. The van der Waals surface area contributed by atoms with Crippen molar-refractivity contribution < 1.29 is 13.9 Å². The minimum absolute atomic E-state index is 0.234. The average molecular weight is 255 g/mol. The van der Waals surface area contributed by atoms with E-state index in [1.807, 2.05) is 0 Å². The van der Waals surface area contributed by atoms with E-state index in [0.717, 1.165) is 19.5 Å². The molecular weight excluding hydrogens is 233 g/mol. The zero-order valence-corrected chi connectivity index (χ0v) is 11.2. The second-order valence-electron chi connectivity index (χ2n) is 4.07. The molecule has 0 unspecified atom stereocenters. The maximum atomic E-state index is 13.6. The van der Waals surface area contributed by atoms with Crippen LogP contribution < -0.4 is 10.1 Å². The third kappa shape index (κ3) is 5.47. The molecule has 0 fully saturated rings. The van der Waals surface area contributed by atoms with Crippen LogP contribution in [0.15, 0.2) is 18.2 Å². The minimum atomic E-state index is -0.234. The van der Waals surface area contributed by atoms with Gasteiger partial charge in [-0.05, 0) is 31.0 Å². The lowest BCUT2D eigenvalue weighted by Crippen LogP contribution is -2.20. The summed E-state index contributed by atoms with van der Waals surface area (Å²) in [6.07, 6.45) is 1.71. The molecule has 102 valence electrons. The predicted molar refractivity (Wildman–Crippen MR) is 70.6 cm³/mol. The van der Waals surface area contributed by atoms with Crippen molar-refractivity contribution in [3.05, 3.63) is 29.6 Å². The Morgan fingerprint density at radius 2 is 2.06 bits per heavy atom. The molecule has 0 saturated heterocycles. The number of rotatable bonds is 9. The quantitative estimate of drug-likeness (QED) is 0.687. The van der Waals surface area contributed by atoms with E-state index >= 15 is 0 Å². The Labute approximate surface area is 108 Å². The molecule has 0 bridgehead atoms. The molecule has 0 aromatic heterocycles. The highest BCUT2D eigenvalue weighted by Gasteiger charge is 2.03. The average Bonchev–Trinajstić information content (AvgIpc) is 2.39. The van der Waals surface area contributed by atoms with Crippen LogP contribution in [0.4, 0.5) is 4.39 Å². The maximum absolute atomic E-state index is 13.6. The first-order chi connectivity index (χ1) is 8.77. The number of nitrogens with one attached hydrogen (secondary N) is 1. The van der Waals surface area contributed by atoms with Crippen LogP contribution in [0.25, 0.3) is 0 Å². The topological polar surface area (TPSA) is 30.5 Å². The van der Waals surface area contributed by atoms with E-state index in [1.165, 1.54) is 13.2 Å².